The second-order valence-electron chi connectivity index (χ2n) is 21.4. The van der Waals surface area contributed by atoms with Crippen molar-refractivity contribution in [2.24, 2.45) is 0 Å². The number of rotatable bonds is 25. The highest BCUT2D eigenvalue weighted by molar-refractivity contribution is 9.09. The zero-order valence-electron chi connectivity index (χ0n) is 51.4. The maximum absolute atomic E-state index is 15.6. The molecule has 4 aliphatic heterocycles. The summed E-state index contributed by atoms with van der Waals surface area (Å²) in [6.07, 6.45) is -11.7. The number of carbonyl (C=O) groups is 4. The summed E-state index contributed by atoms with van der Waals surface area (Å²) in [6, 6.07) is 1.39. The van der Waals surface area contributed by atoms with Crippen LogP contribution in [0, 0.1) is 23.7 Å². The number of esters is 1. The molecule has 4 fully saturated rings. The molecule has 7 rings (SSSR count). The van der Waals surface area contributed by atoms with E-state index in [2.05, 4.69) is 51.7 Å². The van der Waals surface area contributed by atoms with Gasteiger partial charge in [0, 0.05) is 61.4 Å². The predicted octanol–water partition coefficient (Wildman–Crippen LogP) is 3.42. The Hall–Kier alpha value is -4.62. The van der Waals surface area contributed by atoms with Gasteiger partial charge in [0.25, 0.3) is 5.91 Å². The molecule has 0 saturated carbocycles. The molecule has 19 atom stereocenters. The molecule has 4 heterocycles. The summed E-state index contributed by atoms with van der Waals surface area (Å²) in [7, 11) is 10.8. The largest absolute Gasteiger partial charge is 0.493 e. The monoisotopic (exact) mass is 1320 g/mol. The Morgan fingerprint density at radius 2 is 1.56 bits per heavy atom. The number of allylic oxidation sites excluding steroid dienone is 2. The fraction of sp³-hybridized carbons (Fsp3) is 0.627. The van der Waals surface area contributed by atoms with Crippen molar-refractivity contribution >= 4 is 72.6 Å². The number of alkyl carbamates (subject to hydrolysis) is 1. The fourth-order valence-corrected chi connectivity index (χ4v) is 14.1. The van der Waals surface area contributed by atoms with Gasteiger partial charge >= 0.3 is 12.1 Å². The summed E-state index contributed by atoms with van der Waals surface area (Å²) in [5.74, 6) is 8.60. The molecule has 2 aliphatic carbocycles. The summed E-state index contributed by atoms with van der Waals surface area (Å²) in [5, 5.41) is 56.8. The third-order valence-electron chi connectivity index (χ3n) is 15.2. The molecular formula is C59H80N4O22S4. The average molecular weight is 1330 g/mol. The number of anilines is 1. The van der Waals surface area contributed by atoms with E-state index in [1.165, 1.54) is 95.7 Å². The summed E-state index contributed by atoms with van der Waals surface area (Å²) < 4.78 is 77.9. The number of aliphatic hydroxyl groups excluding tert-OH is 3. The van der Waals surface area contributed by atoms with Crippen LogP contribution in [0.5, 0.6) is 11.5 Å². The van der Waals surface area contributed by atoms with Crippen molar-refractivity contribution in [2.45, 2.75) is 175 Å². The van der Waals surface area contributed by atoms with Crippen molar-refractivity contribution in [3.05, 3.63) is 65.1 Å². The molecule has 2 bridgehead atoms. The molecule has 1 aromatic rings. The van der Waals surface area contributed by atoms with Crippen molar-refractivity contribution in [2.75, 3.05) is 65.7 Å². The Balaban J connectivity index is 1.27. The van der Waals surface area contributed by atoms with Gasteiger partial charge in [-0.3, -0.25) is 19.7 Å². The number of aliphatic hydroxyl groups is 4. The molecule has 0 aromatic heterocycles. The van der Waals surface area contributed by atoms with Crippen LogP contribution < -0.4 is 30.9 Å². The molecule has 3 unspecified atom stereocenters. The summed E-state index contributed by atoms with van der Waals surface area (Å²) in [4.78, 5) is 62.5. The van der Waals surface area contributed by atoms with Crippen LogP contribution in [0.3, 0.4) is 0 Å². The Kier molecular flexibility index (Phi) is 26.9. The zero-order valence-corrected chi connectivity index (χ0v) is 54.6. The molecule has 1 aromatic carbocycles. The van der Waals surface area contributed by atoms with Gasteiger partial charge in [-0.1, -0.05) is 71.8 Å². The first kappa shape index (κ1) is 71.8. The van der Waals surface area contributed by atoms with E-state index in [0.29, 0.717) is 0 Å². The number of nitrogens with one attached hydrogen (secondary N) is 4. The minimum Gasteiger partial charge on any atom is -0.493 e. The predicted molar refractivity (Wildman–Crippen MR) is 330 cm³/mol. The van der Waals surface area contributed by atoms with E-state index in [1.54, 1.807) is 20.1 Å². The first-order valence-electron chi connectivity index (χ1n) is 28.4. The van der Waals surface area contributed by atoms with Crippen LogP contribution in [-0.4, -0.2) is 226 Å². The number of Topliss-reactive ketones (excluding diaryl/α,β-unsaturated/α-hetero) is 1. The molecule has 26 nitrogen and oxygen atoms in total. The molecule has 89 heavy (non-hydrogen) atoms. The molecule has 30 heteroatoms. The lowest BCUT2D eigenvalue weighted by Gasteiger charge is -2.47. The lowest BCUT2D eigenvalue weighted by Crippen LogP contribution is -2.65. The lowest BCUT2D eigenvalue weighted by molar-refractivity contribution is -0.336. The number of amides is 2. The van der Waals surface area contributed by atoms with Crippen LogP contribution in [0.2, 0.25) is 0 Å². The molecule has 4 saturated heterocycles. The van der Waals surface area contributed by atoms with Gasteiger partial charge in [0.1, 0.15) is 30.5 Å². The van der Waals surface area contributed by atoms with Crippen molar-refractivity contribution in [1.29, 1.82) is 0 Å². The number of methoxy groups -OCH3 is 5. The average Bonchev–Trinajstić information content (AvgIpc) is 0.971. The Morgan fingerprint density at radius 1 is 0.854 bits per heavy atom. The van der Waals surface area contributed by atoms with E-state index >= 15 is 4.79 Å². The number of ketones is 1. The molecule has 0 spiro atoms. The van der Waals surface area contributed by atoms with Crippen LogP contribution in [0.15, 0.2) is 59.5 Å². The number of thioether (sulfide) groups is 1. The van der Waals surface area contributed by atoms with Crippen LogP contribution in [0.1, 0.15) is 64.2 Å². The smallest absolute Gasteiger partial charge is 0.411 e. The van der Waals surface area contributed by atoms with Crippen molar-refractivity contribution in [3.63, 3.8) is 0 Å². The van der Waals surface area contributed by atoms with Gasteiger partial charge in [0.15, 0.2) is 54.1 Å². The minimum atomic E-state index is -2.66. The first-order chi connectivity index (χ1) is 42.5. The van der Waals surface area contributed by atoms with Crippen molar-refractivity contribution in [3.8, 4) is 35.2 Å². The molecule has 2 amide bonds. The first-order valence-corrected chi connectivity index (χ1v) is 33.8. The van der Waals surface area contributed by atoms with Gasteiger partial charge in [-0.05, 0) is 55.3 Å². The topological polar surface area (TPSA) is 327 Å². The second kappa shape index (κ2) is 33.3. The highest BCUT2D eigenvalue weighted by atomic mass is 33.5. The number of ether oxygens (including phenoxy) is 13. The van der Waals surface area contributed by atoms with Crippen molar-refractivity contribution < 1.29 is 106 Å². The Labute approximate surface area is 533 Å². The normalized spacial score (nSPS) is 34.4. The highest BCUT2D eigenvalue weighted by Gasteiger charge is 2.57. The van der Waals surface area contributed by atoms with E-state index in [-0.39, 0.29) is 88.3 Å². The van der Waals surface area contributed by atoms with Gasteiger partial charge in [-0.15, -0.1) is 0 Å². The van der Waals surface area contributed by atoms with E-state index in [1.807, 2.05) is 33.3 Å². The van der Waals surface area contributed by atoms with E-state index < -0.39 is 134 Å². The van der Waals surface area contributed by atoms with Crippen molar-refractivity contribution in [1.82, 2.24) is 16.1 Å². The number of hydrogen-bond acceptors (Lipinski definition) is 28. The maximum atomic E-state index is 15.6. The third-order valence-corrected chi connectivity index (χ3v) is 20.2. The number of hydroxylamine groups is 1. The van der Waals surface area contributed by atoms with Gasteiger partial charge < -0.3 is 92.6 Å². The molecular weight excluding hydrogens is 1240 g/mol. The minimum absolute atomic E-state index is 0.0843. The van der Waals surface area contributed by atoms with Gasteiger partial charge in [-0.25, -0.2) is 9.59 Å². The second-order valence-corrected chi connectivity index (χ2v) is 26.8. The van der Waals surface area contributed by atoms with E-state index in [9.17, 15) is 34.8 Å². The third kappa shape index (κ3) is 17.6. The quantitative estimate of drug-likeness (QED) is 0.0132. The van der Waals surface area contributed by atoms with Crippen LogP contribution >= 0.6 is 43.2 Å². The molecule has 0 radical (unpaired) electrons. The summed E-state index contributed by atoms with van der Waals surface area (Å²) in [6.45, 7) is 12.6. The maximum Gasteiger partial charge on any atom is 0.411 e. The summed E-state index contributed by atoms with van der Waals surface area (Å²) >= 11 is 1.47. The SMILES string of the molecule is C=C(OC)C(=O)Nc1cc(OC)c(OC)cc1C(=O)O[C@H]1C[C@H](OC2C(=O)C(NC(=O)OC)=C3/C(=C/CSSSC)C2(O)C#C/C=C\C#CC3O[C@H]2O[C@@H](C)[C@H](NO[C@@H]3C[C@@H](O)[C@@H](SC)[C@H](C)O3)[C@@H](O)[C@@H]2O[C@H]2C[C@H](OC)[C@@H](NC(C)C)CO2)O[C@@H](C)[C@H]1O. The van der Waals surface area contributed by atoms with Crippen LogP contribution in [0.4, 0.5) is 10.5 Å². The fourth-order valence-electron chi connectivity index (χ4n) is 10.8. The number of carbonyl (C=O) groups excluding carboxylic acids is 4. The summed E-state index contributed by atoms with van der Waals surface area (Å²) in [5.41, 5.74) is -0.949. The van der Waals surface area contributed by atoms with Gasteiger partial charge in [0.2, 0.25) is 5.78 Å². The number of benzene rings is 1. The molecule has 8 N–H and O–H groups in total. The van der Waals surface area contributed by atoms with Crippen LogP contribution in [0.25, 0.3) is 0 Å². The van der Waals surface area contributed by atoms with E-state index in [0.717, 1.165) is 7.11 Å². The van der Waals surface area contributed by atoms with Gasteiger partial charge in [0.05, 0.1) is 99.8 Å². The van der Waals surface area contributed by atoms with E-state index in [4.69, 9.17) is 66.4 Å². The Morgan fingerprint density at radius 3 is 2.22 bits per heavy atom. The lowest BCUT2D eigenvalue weighted by atomic mass is 9.73. The molecule has 492 valence electrons. The Bertz CT molecular complexity index is 2890. The number of fused-ring (bicyclic) bond motifs is 2. The van der Waals surface area contributed by atoms with Gasteiger partial charge in [-0.2, -0.15) is 17.2 Å². The molecule has 6 aliphatic rings. The van der Waals surface area contributed by atoms with Crippen LogP contribution in [-0.2, 0) is 66.5 Å². The highest BCUT2D eigenvalue weighted by Crippen LogP contribution is 2.44. The zero-order chi connectivity index (χ0) is 64.9. The standard InChI is InChI=1S/C59H80N4O22S4/c1-28(2)60-36-27-77-43(25-39(36)73-8)83-52-50(66)47(63-85-45-24-37(64)53(86-12)31(5)79-45)29(3)80-57(52)82-38-18-16-14-15-17-20-59(71)34(19-21-88-89-87-13)46(38)48(62-58(70)76-11)51(67)54(59)84-44-26-42(49(65)30(4)78-44)81-56(69)33-22-40(74-9)41(75-10)23-35(33)61-55(68)32(6)72-7/h14-15,19,22-23,28-31,36-39,42-45,47,49-50,52-54,57,60,63-66,71H,6,21,24-27H2,1-5,7-13H3,(H,61,68)(H,62,70)/b15-14-,34-19-/t29-,30-,31-,36-,37+,38?,39-,42-,43-,44-,45+,47-,49+,50+,52-,53-,54?,57+,59?/m0/s1. The number of hydrogen-bond donors (Lipinski definition) is 8.